The van der Waals surface area contributed by atoms with Gasteiger partial charge in [-0.25, -0.2) is 4.99 Å². The average Bonchev–Trinajstić information content (AvgIpc) is 3.06. The largest absolute Gasteiger partial charge is 0.295 e. The number of benzene rings is 3. The first-order valence-electron chi connectivity index (χ1n) is 9.10. The number of nitrogens with zero attached hydrogens (tertiary/aromatic N) is 2. The van der Waals surface area contributed by atoms with Gasteiger partial charge in [-0.2, -0.15) is 0 Å². The SMILES string of the molecule is CC(=O)c1ccc(N2C(=O)C(=Cc3ccc(Cl)cc3)N=C2c2ccccc2)cc1. The molecule has 0 aromatic heterocycles. The van der Waals surface area contributed by atoms with Gasteiger partial charge in [0.25, 0.3) is 5.91 Å². The lowest BCUT2D eigenvalue weighted by atomic mass is 10.1. The summed E-state index contributed by atoms with van der Waals surface area (Å²) in [5, 5.41) is 0.630. The van der Waals surface area contributed by atoms with Crippen molar-refractivity contribution in [2.45, 2.75) is 6.92 Å². The van der Waals surface area contributed by atoms with E-state index < -0.39 is 0 Å². The number of amidine groups is 1. The fourth-order valence-corrected chi connectivity index (χ4v) is 3.23. The molecule has 142 valence electrons. The van der Waals surface area contributed by atoms with E-state index in [-0.39, 0.29) is 11.7 Å². The zero-order valence-corrected chi connectivity index (χ0v) is 16.4. The Morgan fingerprint density at radius 1 is 0.931 bits per heavy atom. The van der Waals surface area contributed by atoms with E-state index in [4.69, 9.17) is 11.6 Å². The molecule has 0 N–H and O–H groups in total. The second kappa shape index (κ2) is 7.86. The normalized spacial score (nSPS) is 15.0. The number of anilines is 1. The highest BCUT2D eigenvalue weighted by Crippen LogP contribution is 2.28. The molecule has 5 heteroatoms. The number of rotatable bonds is 4. The minimum absolute atomic E-state index is 0.0235. The molecule has 29 heavy (non-hydrogen) atoms. The molecule has 1 aliphatic rings. The van der Waals surface area contributed by atoms with Gasteiger partial charge in [0.05, 0.1) is 5.69 Å². The summed E-state index contributed by atoms with van der Waals surface area (Å²) in [5.41, 5.74) is 3.25. The van der Waals surface area contributed by atoms with Crippen LogP contribution < -0.4 is 4.90 Å². The third kappa shape index (κ3) is 3.89. The molecule has 0 bridgehead atoms. The van der Waals surface area contributed by atoms with Crippen molar-refractivity contribution in [1.82, 2.24) is 0 Å². The predicted octanol–water partition coefficient (Wildman–Crippen LogP) is 5.38. The molecule has 0 radical (unpaired) electrons. The van der Waals surface area contributed by atoms with Gasteiger partial charge in [-0.1, -0.05) is 54.1 Å². The maximum Gasteiger partial charge on any atom is 0.282 e. The minimum Gasteiger partial charge on any atom is -0.295 e. The van der Waals surface area contributed by atoms with Crippen LogP contribution in [0.5, 0.6) is 0 Å². The predicted molar refractivity (Wildman–Crippen MR) is 116 cm³/mol. The van der Waals surface area contributed by atoms with Crippen LogP contribution in [0.3, 0.4) is 0 Å². The fourth-order valence-electron chi connectivity index (χ4n) is 3.10. The summed E-state index contributed by atoms with van der Waals surface area (Å²) in [6, 6.07) is 23.7. The second-order valence-electron chi connectivity index (χ2n) is 6.63. The number of Topliss-reactive ketones (excluding diaryl/α,β-unsaturated/α-hetero) is 1. The van der Waals surface area contributed by atoms with E-state index >= 15 is 0 Å². The number of amides is 1. The van der Waals surface area contributed by atoms with Gasteiger partial charge in [-0.15, -0.1) is 0 Å². The lowest BCUT2D eigenvalue weighted by Gasteiger charge is -2.18. The molecule has 0 aliphatic carbocycles. The van der Waals surface area contributed by atoms with E-state index in [0.29, 0.717) is 27.8 Å². The van der Waals surface area contributed by atoms with E-state index in [1.165, 1.54) is 6.92 Å². The van der Waals surface area contributed by atoms with Crippen molar-refractivity contribution in [3.05, 3.63) is 106 Å². The smallest absolute Gasteiger partial charge is 0.282 e. The Bertz CT molecular complexity index is 1130. The highest BCUT2D eigenvalue weighted by molar-refractivity contribution is 6.33. The van der Waals surface area contributed by atoms with Crippen LogP contribution in [-0.4, -0.2) is 17.5 Å². The van der Waals surface area contributed by atoms with Crippen molar-refractivity contribution in [2.24, 2.45) is 4.99 Å². The van der Waals surface area contributed by atoms with E-state index in [0.717, 1.165) is 11.1 Å². The van der Waals surface area contributed by atoms with Crippen LogP contribution in [0.25, 0.3) is 6.08 Å². The number of carbonyl (C=O) groups is 2. The van der Waals surface area contributed by atoms with Crippen molar-refractivity contribution in [1.29, 1.82) is 0 Å². The molecule has 0 fully saturated rings. The molecule has 4 rings (SSSR count). The zero-order chi connectivity index (χ0) is 20.4. The molecule has 0 atom stereocenters. The molecule has 3 aromatic carbocycles. The van der Waals surface area contributed by atoms with Crippen LogP contribution in [0, 0.1) is 0 Å². The third-order valence-corrected chi connectivity index (χ3v) is 4.85. The van der Waals surface area contributed by atoms with Crippen LogP contribution >= 0.6 is 11.6 Å². The topological polar surface area (TPSA) is 49.7 Å². The summed E-state index contributed by atoms with van der Waals surface area (Å²) >= 11 is 5.95. The van der Waals surface area contributed by atoms with Gasteiger partial charge in [0.2, 0.25) is 0 Å². The Morgan fingerprint density at radius 3 is 2.21 bits per heavy atom. The van der Waals surface area contributed by atoms with Gasteiger partial charge < -0.3 is 0 Å². The van der Waals surface area contributed by atoms with Gasteiger partial charge in [0.15, 0.2) is 5.78 Å². The first-order chi connectivity index (χ1) is 14.0. The van der Waals surface area contributed by atoms with Gasteiger partial charge in [-0.05, 0) is 55.0 Å². The number of ketones is 1. The molecule has 1 aliphatic heterocycles. The Hall–Kier alpha value is -3.50. The zero-order valence-electron chi connectivity index (χ0n) is 15.7. The molecule has 4 nitrogen and oxygen atoms in total. The number of halogens is 1. The van der Waals surface area contributed by atoms with Crippen LogP contribution in [-0.2, 0) is 4.79 Å². The molecule has 3 aromatic rings. The highest BCUT2D eigenvalue weighted by atomic mass is 35.5. The van der Waals surface area contributed by atoms with E-state index in [9.17, 15) is 9.59 Å². The quantitative estimate of drug-likeness (QED) is 0.436. The molecule has 0 saturated carbocycles. The van der Waals surface area contributed by atoms with E-state index in [1.807, 2.05) is 42.5 Å². The number of hydrogen-bond donors (Lipinski definition) is 0. The maximum absolute atomic E-state index is 13.2. The van der Waals surface area contributed by atoms with Crippen molar-refractivity contribution < 1.29 is 9.59 Å². The number of carbonyl (C=O) groups excluding carboxylic acids is 2. The van der Waals surface area contributed by atoms with Crippen molar-refractivity contribution in [3.63, 3.8) is 0 Å². The van der Waals surface area contributed by atoms with E-state index in [2.05, 4.69) is 4.99 Å². The van der Waals surface area contributed by atoms with Crippen LogP contribution in [0.4, 0.5) is 5.69 Å². The first kappa shape index (κ1) is 18.8. The van der Waals surface area contributed by atoms with Gasteiger partial charge >= 0.3 is 0 Å². The summed E-state index contributed by atoms with van der Waals surface area (Å²) in [6.45, 7) is 1.51. The number of aliphatic imine (C=N–C) groups is 1. The Balaban J connectivity index is 1.79. The molecule has 0 spiro atoms. The van der Waals surface area contributed by atoms with Crippen molar-refractivity contribution >= 4 is 40.9 Å². The summed E-state index contributed by atoms with van der Waals surface area (Å²) in [4.78, 5) is 31.0. The van der Waals surface area contributed by atoms with Gasteiger partial charge in [0, 0.05) is 16.1 Å². The van der Waals surface area contributed by atoms with Gasteiger partial charge in [0.1, 0.15) is 11.5 Å². The second-order valence-corrected chi connectivity index (χ2v) is 7.06. The van der Waals surface area contributed by atoms with Crippen molar-refractivity contribution in [2.75, 3.05) is 4.90 Å². The summed E-state index contributed by atoms with van der Waals surface area (Å²) in [6.07, 6.45) is 1.74. The summed E-state index contributed by atoms with van der Waals surface area (Å²) < 4.78 is 0. The lowest BCUT2D eigenvalue weighted by molar-refractivity contribution is -0.113. The lowest BCUT2D eigenvalue weighted by Crippen LogP contribution is -2.32. The molecule has 1 amide bonds. The Kier molecular flexibility index (Phi) is 5.10. The molecule has 0 saturated heterocycles. The minimum atomic E-state index is -0.227. The third-order valence-electron chi connectivity index (χ3n) is 4.60. The first-order valence-corrected chi connectivity index (χ1v) is 9.47. The standard InChI is InChI=1S/C24H17ClN2O2/c1-16(28)18-9-13-21(14-10-18)27-23(19-5-3-2-4-6-19)26-22(24(27)29)15-17-7-11-20(25)12-8-17/h2-15H,1H3. The highest BCUT2D eigenvalue weighted by Gasteiger charge is 2.32. The molecular formula is C24H17ClN2O2. The monoisotopic (exact) mass is 400 g/mol. The molecular weight excluding hydrogens is 384 g/mol. The summed E-state index contributed by atoms with van der Waals surface area (Å²) in [7, 11) is 0. The Morgan fingerprint density at radius 2 is 1.59 bits per heavy atom. The fraction of sp³-hybridized carbons (Fsp3) is 0.0417. The molecule has 1 heterocycles. The van der Waals surface area contributed by atoms with Gasteiger partial charge in [-0.3, -0.25) is 14.5 Å². The van der Waals surface area contributed by atoms with Crippen LogP contribution in [0.15, 0.2) is 89.6 Å². The maximum atomic E-state index is 13.2. The van der Waals surface area contributed by atoms with Crippen LogP contribution in [0.1, 0.15) is 28.4 Å². The van der Waals surface area contributed by atoms with Crippen LogP contribution in [0.2, 0.25) is 5.02 Å². The van der Waals surface area contributed by atoms with E-state index in [1.54, 1.807) is 47.4 Å². The summed E-state index contributed by atoms with van der Waals surface area (Å²) in [5.74, 6) is 0.297. The Labute approximate surface area is 173 Å². The average molecular weight is 401 g/mol. The number of hydrogen-bond acceptors (Lipinski definition) is 3. The van der Waals surface area contributed by atoms with Crippen molar-refractivity contribution in [3.8, 4) is 0 Å². The molecule has 0 unspecified atom stereocenters.